The van der Waals surface area contributed by atoms with Crippen molar-refractivity contribution in [3.8, 4) is 12.3 Å². The highest BCUT2D eigenvalue weighted by atomic mass is 32.1. The Hall–Kier alpha value is -3.39. The quantitative estimate of drug-likeness (QED) is 0.151. The van der Waals surface area contributed by atoms with Crippen molar-refractivity contribution in [3.63, 3.8) is 0 Å². The summed E-state index contributed by atoms with van der Waals surface area (Å²) in [6, 6.07) is 9.27. The predicted octanol–water partition coefficient (Wildman–Crippen LogP) is 6.77. The van der Waals surface area contributed by atoms with E-state index < -0.39 is 12.0 Å². The number of rotatable bonds is 20. The molecule has 1 aromatic heterocycles. The van der Waals surface area contributed by atoms with Crippen LogP contribution in [-0.4, -0.2) is 83.5 Å². The number of benzene rings is 1. The van der Waals surface area contributed by atoms with Crippen LogP contribution in [0, 0.1) is 36.0 Å². The second-order valence-electron chi connectivity index (χ2n) is 14.8. The van der Waals surface area contributed by atoms with E-state index in [1.54, 1.807) is 17.2 Å². The number of likely N-dealkylation sites (N-methyl/N-ethyl adjacent to an activating group) is 1. The molecular formula is C41H60N4O5S. The average molecular weight is 721 g/mol. The number of aromatic nitrogens is 1. The van der Waals surface area contributed by atoms with Gasteiger partial charge in [0.2, 0.25) is 5.91 Å². The van der Waals surface area contributed by atoms with Crippen LogP contribution in [0.15, 0.2) is 35.7 Å². The first-order valence-corrected chi connectivity index (χ1v) is 19.5. The van der Waals surface area contributed by atoms with E-state index in [1.165, 1.54) is 11.3 Å². The summed E-state index contributed by atoms with van der Waals surface area (Å²) in [4.78, 5) is 62.1. The molecule has 2 heterocycles. The monoisotopic (exact) mass is 720 g/mol. The number of hydrogen-bond acceptors (Lipinski definition) is 8. The molecule has 10 heteroatoms. The molecule has 1 N–H and O–H groups in total. The second kappa shape index (κ2) is 20.6. The van der Waals surface area contributed by atoms with Gasteiger partial charge in [0.25, 0.3) is 5.91 Å². The van der Waals surface area contributed by atoms with Gasteiger partial charge < -0.3 is 15.0 Å². The number of nitrogens with one attached hydrogen (secondary N) is 1. The molecule has 0 unspecified atom stereocenters. The minimum atomic E-state index is -0.548. The lowest BCUT2D eigenvalue weighted by molar-refractivity contribution is -0.143. The summed E-state index contributed by atoms with van der Waals surface area (Å²) >= 11 is 1.33. The van der Waals surface area contributed by atoms with Gasteiger partial charge in [-0.3, -0.25) is 24.1 Å². The number of thiazole rings is 1. The highest BCUT2D eigenvalue weighted by Crippen LogP contribution is 2.33. The van der Waals surface area contributed by atoms with Crippen LogP contribution in [0.4, 0.5) is 0 Å². The molecule has 0 saturated carbocycles. The summed E-state index contributed by atoms with van der Waals surface area (Å²) in [5, 5.41) is 5.45. The number of nitrogens with zero attached hydrogens (tertiary/aromatic N) is 3. The van der Waals surface area contributed by atoms with E-state index in [1.807, 2.05) is 51.4 Å². The highest BCUT2D eigenvalue weighted by Gasteiger charge is 2.37. The first-order valence-electron chi connectivity index (χ1n) is 18.6. The van der Waals surface area contributed by atoms with E-state index >= 15 is 0 Å². The van der Waals surface area contributed by atoms with Gasteiger partial charge in [0.1, 0.15) is 29.2 Å². The summed E-state index contributed by atoms with van der Waals surface area (Å²) in [6.45, 7) is 12.7. The molecule has 1 fully saturated rings. The Kier molecular flexibility index (Phi) is 17.0. The van der Waals surface area contributed by atoms with Crippen molar-refractivity contribution in [2.24, 2.45) is 23.7 Å². The number of ether oxygens (including phenoxy) is 1. The molecular weight excluding hydrogens is 661 g/mol. The summed E-state index contributed by atoms with van der Waals surface area (Å²) in [7, 11) is 3.83. The van der Waals surface area contributed by atoms with Gasteiger partial charge in [-0.2, -0.15) is 0 Å². The van der Waals surface area contributed by atoms with E-state index in [4.69, 9.17) is 16.1 Å². The lowest BCUT2D eigenvalue weighted by atomic mass is 9.83. The molecule has 0 spiro atoms. The van der Waals surface area contributed by atoms with Crippen molar-refractivity contribution in [1.82, 2.24) is 20.1 Å². The minimum Gasteiger partial charge on any atom is -0.358 e. The molecule has 51 heavy (non-hydrogen) atoms. The van der Waals surface area contributed by atoms with Crippen molar-refractivity contribution in [1.29, 1.82) is 0 Å². The average Bonchev–Trinajstić information content (AvgIpc) is 3.60. The van der Waals surface area contributed by atoms with Crippen LogP contribution in [0.1, 0.15) is 114 Å². The van der Waals surface area contributed by atoms with Crippen LogP contribution in [0.25, 0.3) is 0 Å². The van der Waals surface area contributed by atoms with Crippen LogP contribution in [0.2, 0.25) is 0 Å². The fourth-order valence-corrected chi connectivity index (χ4v) is 7.90. The maximum atomic E-state index is 14.3. The Balaban J connectivity index is 1.80. The maximum absolute atomic E-state index is 14.3. The second-order valence-corrected chi connectivity index (χ2v) is 15.7. The lowest BCUT2D eigenvalue weighted by Gasteiger charge is -2.37. The number of ketones is 2. The van der Waals surface area contributed by atoms with E-state index in [0.29, 0.717) is 24.3 Å². The Labute approximate surface area is 310 Å². The summed E-state index contributed by atoms with van der Waals surface area (Å²) in [6.07, 6.45) is 10.6. The number of Topliss-reactive ketones (excluding diaryl/α,β-unsaturated/α-hetero) is 2. The lowest BCUT2D eigenvalue weighted by Crippen LogP contribution is -2.48. The van der Waals surface area contributed by atoms with Gasteiger partial charge in [0, 0.05) is 49.2 Å². The van der Waals surface area contributed by atoms with Gasteiger partial charge >= 0.3 is 0 Å². The molecule has 1 aliphatic rings. The van der Waals surface area contributed by atoms with Gasteiger partial charge in [0.15, 0.2) is 5.78 Å². The van der Waals surface area contributed by atoms with Gasteiger partial charge in [0.05, 0.1) is 6.04 Å². The summed E-state index contributed by atoms with van der Waals surface area (Å²) in [5.74, 6) is 1.92. The Morgan fingerprint density at radius 3 is 2.43 bits per heavy atom. The molecule has 2 aromatic rings. The Bertz CT molecular complexity index is 1470. The molecule has 2 amide bonds. The van der Waals surface area contributed by atoms with Crippen LogP contribution < -0.4 is 5.32 Å². The van der Waals surface area contributed by atoms with Crippen LogP contribution in [0.5, 0.6) is 0 Å². The van der Waals surface area contributed by atoms with Crippen LogP contribution in [-0.2, 0) is 25.5 Å². The van der Waals surface area contributed by atoms with Crippen molar-refractivity contribution < 1.29 is 23.9 Å². The molecule has 0 aliphatic carbocycles. The topological polar surface area (TPSA) is 109 Å². The Morgan fingerprint density at radius 1 is 1.12 bits per heavy atom. The van der Waals surface area contributed by atoms with Crippen molar-refractivity contribution in [2.75, 3.05) is 27.2 Å². The number of carbonyl (C=O) groups excluding carboxylic acids is 4. The first-order chi connectivity index (χ1) is 24.3. The first kappa shape index (κ1) is 42.0. The van der Waals surface area contributed by atoms with Gasteiger partial charge in [-0.25, -0.2) is 4.98 Å². The maximum Gasteiger partial charge on any atom is 0.270 e. The zero-order valence-electron chi connectivity index (χ0n) is 32.0. The van der Waals surface area contributed by atoms with E-state index in [2.05, 4.69) is 43.8 Å². The zero-order valence-corrected chi connectivity index (χ0v) is 32.8. The molecule has 1 aromatic carbocycles. The molecule has 1 aliphatic heterocycles. The van der Waals surface area contributed by atoms with Gasteiger partial charge in [-0.05, 0) is 63.6 Å². The molecule has 3 rings (SSSR count). The highest BCUT2D eigenvalue weighted by molar-refractivity contribution is 7.09. The zero-order chi connectivity index (χ0) is 37.7. The number of likely N-dealkylation sites (tertiary alicyclic amines) is 1. The number of terminal acetylenes is 1. The molecule has 1 saturated heterocycles. The third kappa shape index (κ3) is 12.4. The third-order valence-corrected chi connectivity index (χ3v) is 11.6. The van der Waals surface area contributed by atoms with Crippen molar-refractivity contribution in [2.45, 2.75) is 117 Å². The summed E-state index contributed by atoms with van der Waals surface area (Å²) in [5.41, 5.74) is 1.34. The van der Waals surface area contributed by atoms with Crippen LogP contribution >= 0.6 is 11.3 Å². The standard InChI is InChI=1S/C41H60N4O5S/c1-10-21-50-38(40-43-34(26-51-40)39(48)42-32(22-29(6)30(7)46)23-31-17-13-12-14-18-31)25-36(27(3)4)45(9)41(49)33(28(5)11-2)24-37(47)35-19-15-16-20-44(35)8/h1,12-14,17-18,26-29,32-33,35-36,38H,11,15-16,19-25H2,2-9H3,(H,42,48)/t28-,29-,32+,33-,35+,36+,38+/m0/s1. The largest absolute Gasteiger partial charge is 0.358 e. The number of hydrogen-bond donors (Lipinski definition) is 1. The molecule has 0 bridgehead atoms. The fourth-order valence-electron chi connectivity index (χ4n) is 7.05. The van der Waals surface area contributed by atoms with Crippen LogP contribution in [0.3, 0.4) is 0 Å². The van der Waals surface area contributed by atoms with Crippen molar-refractivity contribution in [3.05, 3.63) is 52.0 Å². The van der Waals surface area contributed by atoms with Crippen molar-refractivity contribution >= 4 is 34.7 Å². The third-order valence-electron chi connectivity index (χ3n) is 10.7. The molecule has 9 nitrogen and oxygen atoms in total. The van der Waals surface area contributed by atoms with E-state index in [9.17, 15) is 19.2 Å². The fraction of sp³-hybridized carbons (Fsp3) is 0.634. The van der Waals surface area contributed by atoms with E-state index in [0.717, 1.165) is 37.8 Å². The van der Waals surface area contributed by atoms with Gasteiger partial charge in [-0.15, -0.1) is 17.8 Å². The number of amides is 2. The SMILES string of the molecule is C#CCO[C@H](C[C@H](C(C)C)N(C)C(=O)[C@@H](CC(=O)[C@H]1CCCCN1C)[C@@H](C)CC)c1nc(C(=O)N[C@@H](Cc2ccccc2)C[C@H](C)C(C)=O)cs1. The predicted molar refractivity (Wildman–Crippen MR) is 204 cm³/mol. The summed E-state index contributed by atoms with van der Waals surface area (Å²) < 4.78 is 6.15. The van der Waals surface area contributed by atoms with Gasteiger partial charge in [-0.1, -0.05) is 83.7 Å². The number of carbonyl (C=O) groups is 4. The molecule has 280 valence electrons. The molecule has 0 radical (unpaired) electrons. The smallest absolute Gasteiger partial charge is 0.270 e. The minimum absolute atomic E-state index is 0.0333. The normalized spacial score (nSPS) is 18.5. The van der Waals surface area contributed by atoms with E-state index in [-0.39, 0.29) is 78.0 Å². The molecule has 7 atom stereocenters. The number of piperidine rings is 1. The Morgan fingerprint density at radius 2 is 1.82 bits per heavy atom.